The van der Waals surface area contributed by atoms with E-state index in [1.807, 2.05) is 37.7 Å². The van der Waals surface area contributed by atoms with E-state index in [0.717, 1.165) is 24.3 Å². The van der Waals surface area contributed by atoms with E-state index in [-0.39, 0.29) is 5.97 Å². The fourth-order valence-corrected chi connectivity index (χ4v) is 2.82. The van der Waals surface area contributed by atoms with E-state index in [1.165, 1.54) is 12.0 Å². The van der Waals surface area contributed by atoms with E-state index in [4.69, 9.17) is 4.74 Å². The number of aromatic nitrogens is 1. The summed E-state index contributed by atoms with van der Waals surface area (Å²) in [5.41, 5.74) is 4.44. The molecular weight excluding hydrogens is 272 g/mol. The van der Waals surface area contributed by atoms with Gasteiger partial charge in [0.25, 0.3) is 0 Å². The molecule has 106 valence electrons. The summed E-state index contributed by atoms with van der Waals surface area (Å²) in [6, 6.07) is 7.49. The van der Waals surface area contributed by atoms with Gasteiger partial charge in [-0.05, 0) is 19.1 Å². The Kier molecular flexibility index (Phi) is 4.74. The van der Waals surface area contributed by atoms with Crippen LogP contribution in [-0.2, 0) is 11.2 Å². The number of para-hydroxylation sites is 1. The topological polar surface area (TPSA) is 42.4 Å². The molecule has 0 unspecified atom stereocenters. The second-order valence-corrected chi connectivity index (χ2v) is 5.48. The van der Waals surface area contributed by atoms with Gasteiger partial charge in [0.2, 0.25) is 0 Å². The van der Waals surface area contributed by atoms with E-state index >= 15 is 0 Å². The highest BCUT2D eigenvalue weighted by molar-refractivity contribution is 7.09. The number of hydrogen-bond acceptors (Lipinski definition) is 5. The SMILES string of the molecule is COC(=O)c1ccccc1N(C)CCc1scnc1C. The van der Waals surface area contributed by atoms with Crippen molar-refractivity contribution in [3.8, 4) is 0 Å². The van der Waals surface area contributed by atoms with Crippen molar-refractivity contribution in [2.45, 2.75) is 13.3 Å². The molecule has 4 nitrogen and oxygen atoms in total. The van der Waals surface area contributed by atoms with Gasteiger partial charge in [-0.25, -0.2) is 9.78 Å². The number of rotatable bonds is 5. The van der Waals surface area contributed by atoms with Crippen LogP contribution < -0.4 is 4.90 Å². The maximum absolute atomic E-state index is 11.8. The van der Waals surface area contributed by atoms with Crippen LogP contribution in [0.4, 0.5) is 5.69 Å². The Balaban J connectivity index is 2.11. The first-order valence-electron chi connectivity index (χ1n) is 6.41. The lowest BCUT2D eigenvalue weighted by Gasteiger charge is -2.21. The predicted octanol–water partition coefficient (Wildman–Crippen LogP) is 2.92. The van der Waals surface area contributed by atoms with Crippen molar-refractivity contribution in [1.29, 1.82) is 0 Å². The molecule has 0 aliphatic heterocycles. The largest absolute Gasteiger partial charge is 0.465 e. The Hall–Kier alpha value is -1.88. The highest BCUT2D eigenvalue weighted by atomic mass is 32.1. The van der Waals surface area contributed by atoms with Crippen molar-refractivity contribution >= 4 is 23.0 Å². The first-order valence-corrected chi connectivity index (χ1v) is 7.29. The van der Waals surface area contributed by atoms with Crippen LogP contribution in [0.3, 0.4) is 0 Å². The number of esters is 1. The molecule has 5 heteroatoms. The fraction of sp³-hybridized carbons (Fsp3) is 0.333. The molecule has 0 bridgehead atoms. The lowest BCUT2D eigenvalue weighted by molar-refractivity contribution is 0.0601. The van der Waals surface area contributed by atoms with Crippen molar-refractivity contribution in [1.82, 2.24) is 4.98 Å². The van der Waals surface area contributed by atoms with Crippen LogP contribution in [0.15, 0.2) is 29.8 Å². The van der Waals surface area contributed by atoms with Crippen LogP contribution in [0.5, 0.6) is 0 Å². The predicted molar refractivity (Wildman–Crippen MR) is 81.6 cm³/mol. The van der Waals surface area contributed by atoms with Crippen LogP contribution >= 0.6 is 11.3 Å². The highest BCUT2D eigenvalue weighted by Gasteiger charge is 2.14. The minimum Gasteiger partial charge on any atom is -0.465 e. The van der Waals surface area contributed by atoms with E-state index in [9.17, 15) is 4.79 Å². The van der Waals surface area contributed by atoms with Gasteiger partial charge in [-0.1, -0.05) is 12.1 Å². The van der Waals surface area contributed by atoms with Crippen LogP contribution in [-0.4, -0.2) is 31.7 Å². The van der Waals surface area contributed by atoms with Crippen LogP contribution in [0, 0.1) is 6.92 Å². The third kappa shape index (κ3) is 3.17. The van der Waals surface area contributed by atoms with Crippen LogP contribution in [0.1, 0.15) is 20.9 Å². The molecule has 0 aliphatic carbocycles. The van der Waals surface area contributed by atoms with E-state index < -0.39 is 0 Å². The molecule has 0 saturated heterocycles. The molecule has 0 amide bonds. The lowest BCUT2D eigenvalue weighted by Crippen LogP contribution is -2.22. The van der Waals surface area contributed by atoms with Crippen molar-refractivity contribution in [2.75, 3.05) is 25.6 Å². The molecule has 1 aromatic carbocycles. The fourth-order valence-electron chi connectivity index (χ4n) is 2.04. The summed E-state index contributed by atoms with van der Waals surface area (Å²) in [4.78, 5) is 19.4. The number of anilines is 1. The molecule has 2 rings (SSSR count). The van der Waals surface area contributed by atoms with E-state index in [1.54, 1.807) is 17.4 Å². The molecule has 0 N–H and O–H groups in total. The molecule has 0 radical (unpaired) electrons. The lowest BCUT2D eigenvalue weighted by atomic mass is 10.1. The average molecular weight is 290 g/mol. The number of nitrogens with zero attached hydrogens (tertiary/aromatic N) is 2. The number of carbonyl (C=O) groups is 1. The summed E-state index contributed by atoms with van der Waals surface area (Å²) in [5, 5.41) is 0. The van der Waals surface area contributed by atoms with E-state index in [2.05, 4.69) is 9.88 Å². The van der Waals surface area contributed by atoms with Crippen molar-refractivity contribution in [3.63, 3.8) is 0 Å². The number of likely N-dealkylation sites (N-methyl/N-ethyl adjacent to an activating group) is 1. The average Bonchev–Trinajstić information content (AvgIpc) is 2.89. The number of ether oxygens (including phenoxy) is 1. The van der Waals surface area contributed by atoms with Gasteiger partial charge in [0.1, 0.15) is 0 Å². The summed E-state index contributed by atoms with van der Waals surface area (Å²) in [6.07, 6.45) is 0.919. The number of methoxy groups -OCH3 is 1. The van der Waals surface area contributed by atoms with Gasteiger partial charge in [-0.2, -0.15) is 0 Å². The second-order valence-electron chi connectivity index (χ2n) is 4.54. The molecule has 1 aromatic heterocycles. The molecule has 0 saturated carbocycles. The molecular formula is C15H18N2O2S. The Morgan fingerprint density at radius 3 is 2.80 bits per heavy atom. The third-order valence-electron chi connectivity index (χ3n) is 3.24. The zero-order chi connectivity index (χ0) is 14.5. The number of hydrogen-bond donors (Lipinski definition) is 0. The van der Waals surface area contributed by atoms with Gasteiger partial charge >= 0.3 is 5.97 Å². The quantitative estimate of drug-likeness (QED) is 0.794. The standard InChI is InChI=1S/C15H18N2O2S/c1-11-14(20-10-16-11)8-9-17(2)13-7-5-4-6-12(13)15(18)19-3/h4-7,10H,8-9H2,1-3H3. The first-order chi connectivity index (χ1) is 9.63. The van der Waals surface area contributed by atoms with Gasteiger partial charge in [-0.15, -0.1) is 11.3 Å². The molecule has 0 aliphatic rings. The smallest absolute Gasteiger partial charge is 0.339 e. The molecule has 0 fully saturated rings. The molecule has 20 heavy (non-hydrogen) atoms. The second kappa shape index (κ2) is 6.52. The minimum absolute atomic E-state index is 0.304. The Morgan fingerprint density at radius 1 is 1.40 bits per heavy atom. The molecule has 1 heterocycles. The molecule has 2 aromatic rings. The summed E-state index contributed by atoms with van der Waals surface area (Å²) >= 11 is 1.67. The van der Waals surface area contributed by atoms with Crippen LogP contribution in [0.2, 0.25) is 0 Å². The minimum atomic E-state index is -0.304. The Labute approximate surface area is 123 Å². The van der Waals surface area contributed by atoms with Gasteiger partial charge in [0.05, 0.1) is 29.6 Å². The summed E-state index contributed by atoms with van der Waals surface area (Å²) < 4.78 is 4.82. The zero-order valence-electron chi connectivity index (χ0n) is 11.9. The highest BCUT2D eigenvalue weighted by Crippen LogP contribution is 2.21. The van der Waals surface area contributed by atoms with Gasteiger partial charge in [0, 0.05) is 24.9 Å². The maximum atomic E-state index is 11.8. The van der Waals surface area contributed by atoms with Gasteiger partial charge < -0.3 is 9.64 Å². The molecule has 0 spiro atoms. The van der Waals surface area contributed by atoms with Crippen molar-refractivity contribution in [2.24, 2.45) is 0 Å². The number of benzene rings is 1. The summed E-state index contributed by atoms with van der Waals surface area (Å²) in [5.74, 6) is -0.304. The maximum Gasteiger partial charge on any atom is 0.339 e. The van der Waals surface area contributed by atoms with E-state index in [0.29, 0.717) is 5.56 Å². The Bertz CT molecular complexity index is 595. The summed E-state index contributed by atoms with van der Waals surface area (Å²) in [7, 11) is 3.39. The zero-order valence-corrected chi connectivity index (χ0v) is 12.7. The number of carbonyl (C=O) groups excluding carboxylic acids is 1. The van der Waals surface area contributed by atoms with Crippen molar-refractivity contribution < 1.29 is 9.53 Å². The summed E-state index contributed by atoms with van der Waals surface area (Å²) in [6.45, 7) is 2.85. The number of aryl methyl sites for hydroxylation is 1. The first kappa shape index (κ1) is 14.5. The van der Waals surface area contributed by atoms with Crippen molar-refractivity contribution in [3.05, 3.63) is 45.9 Å². The van der Waals surface area contributed by atoms with Crippen LogP contribution in [0.25, 0.3) is 0 Å². The molecule has 0 atom stereocenters. The van der Waals surface area contributed by atoms with Gasteiger partial charge in [0.15, 0.2) is 0 Å². The normalized spacial score (nSPS) is 10.3. The monoisotopic (exact) mass is 290 g/mol. The Morgan fingerprint density at radius 2 is 2.15 bits per heavy atom. The third-order valence-corrected chi connectivity index (χ3v) is 4.23. The number of thiazole rings is 1. The van der Waals surface area contributed by atoms with Gasteiger partial charge in [-0.3, -0.25) is 0 Å².